The van der Waals surface area contributed by atoms with Gasteiger partial charge in [-0.2, -0.15) is 0 Å². The van der Waals surface area contributed by atoms with Crippen LogP contribution in [0.15, 0.2) is 0 Å². The summed E-state index contributed by atoms with van der Waals surface area (Å²) in [6.07, 6.45) is 28.0. The van der Waals surface area contributed by atoms with Gasteiger partial charge in [-0.15, -0.1) is 0 Å². The molecule has 0 spiro atoms. The molecule has 0 aliphatic rings. The summed E-state index contributed by atoms with van der Waals surface area (Å²) in [5, 5.41) is 0. The van der Waals surface area contributed by atoms with Crippen LogP contribution in [0.4, 0.5) is 0 Å². The van der Waals surface area contributed by atoms with Gasteiger partial charge in [0.2, 0.25) is 0 Å². The van der Waals surface area contributed by atoms with Gasteiger partial charge in [-0.25, -0.2) is 0 Å². The van der Waals surface area contributed by atoms with Gasteiger partial charge in [-0.1, -0.05) is 0 Å². The molecule has 10 heteroatoms. The van der Waals surface area contributed by atoms with Crippen molar-refractivity contribution in [2.75, 3.05) is 34.5 Å². The third kappa shape index (κ3) is 32.2. The molecule has 0 aromatic rings. The van der Waals surface area contributed by atoms with Gasteiger partial charge in [0.15, 0.2) is 0 Å². The first-order chi connectivity index (χ1) is 23.4. The zero-order valence-electron chi connectivity index (χ0n) is 31.6. The molecule has 6 nitrogen and oxygen atoms in total. The Labute approximate surface area is 315 Å². The molecule has 0 heterocycles. The first-order valence-electron chi connectivity index (χ1n) is 19.8. The molecule has 0 aliphatic heterocycles. The number of hydrogen-bond acceptors (Lipinski definition) is 9. The fourth-order valence-corrected chi connectivity index (χ4v) is 15.4. The van der Waals surface area contributed by atoms with E-state index in [0.717, 1.165) is 62.2 Å². The van der Waals surface area contributed by atoms with Crippen LogP contribution < -0.4 is 0 Å². The zero-order valence-corrected chi connectivity index (χ0v) is 36.9. The van der Waals surface area contributed by atoms with Crippen LogP contribution in [0.25, 0.3) is 0 Å². The van der Waals surface area contributed by atoms with Crippen LogP contribution in [-0.4, -0.2) is 72.0 Å². The second kappa shape index (κ2) is 37.0. The third-order valence-electron chi connectivity index (χ3n) is 8.23. The van der Waals surface area contributed by atoms with Crippen LogP contribution in [0, 0.1) is 0 Å². The summed E-state index contributed by atoms with van der Waals surface area (Å²) >= 11 is -0.201. The fraction of sp³-hybridized carbons (Fsp3) is 0.921. The molecular formula is C38H74O6S3Sn. The second-order valence-corrected chi connectivity index (χ2v) is 23.5. The van der Waals surface area contributed by atoms with Crippen molar-refractivity contribution in [2.24, 2.45) is 0 Å². The Balaban J connectivity index is 5.30. The SMILES string of the molecule is CCCCCCCCSCC(=O)[O][Sn]([CH2]CCCCCCC)([O]C(=O)CSCCCCCCCC)[O]C(=O)CSCCCCCCCC. The molecule has 0 N–H and O–H groups in total. The van der Waals surface area contributed by atoms with E-state index in [0.29, 0.717) is 4.44 Å². The molecule has 0 bridgehead atoms. The first-order valence-corrected chi connectivity index (χ1v) is 28.8. The molecule has 284 valence electrons. The maximum absolute atomic E-state index is 13.2. The van der Waals surface area contributed by atoms with Crippen LogP contribution in [0.1, 0.15) is 182 Å². The van der Waals surface area contributed by atoms with E-state index in [1.165, 1.54) is 109 Å². The second-order valence-electron chi connectivity index (χ2n) is 13.1. The van der Waals surface area contributed by atoms with Crippen molar-refractivity contribution < 1.29 is 23.6 Å². The standard InChI is InChI=1S/3C10H20O2S.C8H17.Sn/c3*1-2-3-4-5-6-7-8-13-9-10(11)12;1-3-5-7-8-6-4-2;/h3*2-9H2,1H3,(H,11,12);1,3-8H2,2H3;/q;;;;+3/p-3. The minimum absolute atomic E-state index is 0.193. The van der Waals surface area contributed by atoms with E-state index in [1.807, 2.05) is 0 Å². The molecule has 0 fully saturated rings. The Bertz CT molecular complexity index is 674. The summed E-state index contributed by atoms with van der Waals surface area (Å²) in [6.45, 7) is 8.85. The van der Waals surface area contributed by atoms with Gasteiger partial charge in [0.25, 0.3) is 0 Å². The summed E-state index contributed by atoms with van der Waals surface area (Å²) in [5.74, 6) is 2.03. The first kappa shape index (κ1) is 48.3. The Morgan fingerprint density at radius 2 is 0.625 bits per heavy atom. The Morgan fingerprint density at radius 1 is 0.375 bits per heavy atom. The molecular weight excluding hydrogens is 767 g/mol. The van der Waals surface area contributed by atoms with E-state index >= 15 is 0 Å². The van der Waals surface area contributed by atoms with Crippen LogP contribution in [0.5, 0.6) is 0 Å². The van der Waals surface area contributed by atoms with Crippen molar-refractivity contribution in [2.45, 2.75) is 186 Å². The summed E-state index contributed by atoms with van der Waals surface area (Å²) in [7, 11) is 0. The van der Waals surface area contributed by atoms with Crippen LogP contribution >= 0.6 is 35.3 Å². The molecule has 48 heavy (non-hydrogen) atoms. The maximum atomic E-state index is 13.2. The summed E-state index contributed by atoms with van der Waals surface area (Å²) < 4.78 is 18.6. The number of unbranched alkanes of at least 4 members (excludes halogenated alkanes) is 20. The molecule has 0 aliphatic carbocycles. The topological polar surface area (TPSA) is 78.9 Å². The van der Waals surface area contributed by atoms with Gasteiger partial charge < -0.3 is 0 Å². The molecule has 0 saturated carbocycles. The fourth-order valence-electron chi connectivity index (χ4n) is 5.37. The molecule has 0 unspecified atom stereocenters. The Hall–Kier alpha value is 0.259. The number of thioether (sulfide) groups is 3. The van der Waals surface area contributed by atoms with E-state index in [-0.39, 0.29) is 17.3 Å². The number of hydrogen-bond donors (Lipinski definition) is 0. The van der Waals surface area contributed by atoms with Crippen molar-refractivity contribution in [3.63, 3.8) is 0 Å². The molecule has 0 aromatic heterocycles. The van der Waals surface area contributed by atoms with Crippen LogP contribution in [0.3, 0.4) is 0 Å². The van der Waals surface area contributed by atoms with E-state index in [4.69, 9.17) is 9.22 Å². The van der Waals surface area contributed by atoms with Gasteiger partial charge in [0, 0.05) is 0 Å². The van der Waals surface area contributed by atoms with Crippen LogP contribution in [-0.2, 0) is 23.6 Å². The predicted octanol–water partition coefficient (Wildman–Crippen LogP) is 12.2. The van der Waals surface area contributed by atoms with Crippen molar-refractivity contribution in [1.82, 2.24) is 0 Å². The summed E-state index contributed by atoms with van der Waals surface area (Å²) in [4.78, 5) is 39.6. The number of rotatable bonds is 37. The van der Waals surface area contributed by atoms with E-state index in [1.54, 1.807) is 35.3 Å². The van der Waals surface area contributed by atoms with Crippen molar-refractivity contribution in [3.8, 4) is 0 Å². The van der Waals surface area contributed by atoms with E-state index in [2.05, 4.69) is 27.7 Å². The van der Waals surface area contributed by atoms with E-state index in [9.17, 15) is 14.4 Å². The van der Waals surface area contributed by atoms with Crippen molar-refractivity contribution >= 4 is 72.8 Å². The average molecular weight is 842 g/mol. The van der Waals surface area contributed by atoms with Gasteiger partial charge in [-0.05, 0) is 0 Å². The predicted molar refractivity (Wildman–Crippen MR) is 214 cm³/mol. The number of carbonyl (C=O) groups excluding carboxylic acids is 3. The summed E-state index contributed by atoms with van der Waals surface area (Å²) in [5.41, 5.74) is 0. The molecule has 0 amide bonds. The Kier molecular flexibility index (Phi) is 37.2. The minimum atomic E-state index is -4.89. The third-order valence-corrected chi connectivity index (χ3v) is 18.7. The molecule has 0 rings (SSSR count). The van der Waals surface area contributed by atoms with Crippen LogP contribution in [0.2, 0.25) is 4.44 Å². The average Bonchev–Trinajstić information content (AvgIpc) is 3.06. The van der Waals surface area contributed by atoms with Gasteiger partial charge in [-0.3, -0.25) is 0 Å². The quantitative estimate of drug-likeness (QED) is 0.0449. The zero-order chi connectivity index (χ0) is 35.4. The van der Waals surface area contributed by atoms with Crippen molar-refractivity contribution in [1.29, 1.82) is 0 Å². The normalized spacial score (nSPS) is 11.5. The monoisotopic (exact) mass is 842 g/mol. The molecule has 0 atom stereocenters. The molecule has 0 radical (unpaired) electrons. The van der Waals surface area contributed by atoms with E-state index < -0.39 is 37.5 Å². The molecule has 0 aromatic carbocycles. The van der Waals surface area contributed by atoms with Crippen molar-refractivity contribution in [3.05, 3.63) is 0 Å². The Morgan fingerprint density at radius 3 is 0.917 bits per heavy atom. The number of carbonyl (C=O) groups is 3. The van der Waals surface area contributed by atoms with Gasteiger partial charge in [0.1, 0.15) is 0 Å². The van der Waals surface area contributed by atoms with Gasteiger partial charge >= 0.3 is 317 Å². The summed E-state index contributed by atoms with van der Waals surface area (Å²) in [6, 6.07) is 0. The molecule has 0 saturated heterocycles. The van der Waals surface area contributed by atoms with Gasteiger partial charge in [0.05, 0.1) is 0 Å².